The van der Waals surface area contributed by atoms with E-state index in [1.54, 1.807) is 42.5 Å². The number of nitrogens with two attached hydrogens (primary N) is 1. The number of aromatic hydroxyl groups is 1. The average molecular weight is 965 g/mol. The van der Waals surface area contributed by atoms with E-state index in [4.69, 9.17) is 5.73 Å². The van der Waals surface area contributed by atoms with Gasteiger partial charge in [0, 0.05) is 50.0 Å². The number of amides is 7. The molecule has 7 amide bonds. The molecule has 2 aromatic carbocycles. The number of aromatic amines is 1. The zero-order valence-corrected chi connectivity index (χ0v) is 39.1. The molecule has 0 aliphatic carbocycles. The van der Waals surface area contributed by atoms with Crippen molar-refractivity contribution in [3.05, 3.63) is 83.9 Å². The van der Waals surface area contributed by atoms with Crippen LogP contribution in [0.3, 0.4) is 0 Å². The van der Waals surface area contributed by atoms with Crippen molar-refractivity contribution >= 4 is 71.7 Å². The highest BCUT2D eigenvalue weighted by Crippen LogP contribution is 2.22. The van der Waals surface area contributed by atoms with Gasteiger partial charge in [-0.2, -0.15) is 24.4 Å². The summed E-state index contributed by atoms with van der Waals surface area (Å²) in [5.41, 5.74) is 7.56. The number of thioether (sulfide) groups is 1. The van der Waals surface area contributed by atoms with Crippen LogP contribution in [0.2, 0.25) is 0 Å². The minimum absolute atomic E-state index is 0.00822. The number of carboxylic acids is 1. The number of nitrogens with one attached hydrogen (secondary N) is 6. The fourth-order valence-electron chi connectivity index (χ4n) is 8.06. The molecular formula is C45H60N10O10S2. The van der Waals surface area contributed by atoms with Crippen LogP contribution in [-0.2, 0) is 57.6 Å². The monoisotopic (exact) mass is 964 g/mol. The van der Waals surface area contributed by atoms with Gasteiger partial charge in [0.15, 0.2) is 0 Å². The van der Waals surface area contributed by atoms with Gasteiger partial charge in [-0.1, -0.05) is 42.5 Å². The van der Waals surface area contributed by atoms with E-state index in [2.05, 4.69) is 49.2 Å². The number of hydrogen-bond acceptors (Lipinski definition) is 13. The van der Waals surface area contributed by atoms with Crippen molar-refractivity contribution in [1.82, 2.24) is 46.4 Å². The van der Waals surface area contributed by atoms with Crippen LogP contribution in [-0.4, -0.2) is 156 Å². The summed E-state index contributed by atoms with van der Waals surface area (Å²) in [4.78, 5) is 119. The second kappa shape index (κ2) is 25.1. The van der Waals surface area contributed by atoms with Crippen molar-refractivity contribution in [3.63, 3.8) is 0 Å². The number of benzene rings is 2. The van der Waals surface area contributed by atoms with Crippen molar-refractivity contribution in [2.24, 2.45) is 5.73 Å². The number of rotatable bonds is 23. The van der Waals surface area contributed by atoms with Gasteiger partial charge in [-0.25, -0.2) is 9.78 Å². The number of phenols is 1. The van der Waals surface area contributed by atoms with Crippen LogP contribution in [0.15, 0.2) is 67.1 Å². The molecular weight excluding hydrogens is 905 g/mol. The van der Waals surface area contributed by atoms with Crippen LogP contribution in [0, 0.1) is 0 Å². The van der Waals surface area contributed by atoms with E-state index >= 15 is 0 Å². The van der Waals surface area contributed by atoms with E-state index in [1.807, 2.05) is 6.26 Å². The van der Waals surface area contributed by atoms with E-state index in [1.165, 1.54) is 53.1 Å². The number of H-pyrrole nitrogens is 1. The molecule has 10 N–H and O–H groups in total. The fraction of sp³-hybridized carbons (Fsp3) is 0.489. The van der Waals surface area contributed by atoms with Gasteiger partial charge in [0.05, 0.1) is 12.4 Å². The summed E-state index contributed by atoms with van der Waals surface area (Å²) in [7, 11) is 0. The lowest BCUT2D eigenvalue weighted by Crippen LogP contribution is -2.60. The maximum absolute atomic E-state index is 14.7. The van der Waals surface area contributed by atoms with Gasteiger partial charge in [0.25, 0.3) is 0 Å². The number of thiol groups is 1. The van der Waals surface area contributed by atoms with Crippen LogP contribution in [0.25, 0.3) is 0 Å². The third-order valence-corrected chi connectivity index (χ3v) is 12.6. The summed E-state index contributed by atoms with van der Waals surface area (Å²) >= 11 is 5.47. The largest absolute Gasteiger partial charge is 0.508 e. The first-order valence-electron chi connectivity index (χ1n) is 22.1. The number of hydrogen-bond donors (Lipinski definition) is 10. The summed E-state index contributed by atoms with van der Waals surface area (Å²) in [5, 5.41) is 33.1. The molecule has 0 bridgehead atoms. The van der Waals surface area contributed by atoms with Crippen LogP contribution in [0.1, 0.15) is 55.8 Å². The highest BCUT2D eigenvalue weighted by Gasteiger charge is 2.41. The molecule has 3 aromatic rings. The fourth-order valence-corrected chi connectivity index (χ4v) is 8.78. The number of phenolic OH excluding ortho intramolecular Hbond substituents is 1. The number of likely N-dealkylation sites (tertiary alicyclic amines) is 2. The molecule has 8 atom stereocenters. The predicted molar refractivity (Wildman–Crippen MR) is 252 cm³/mol. The molecule has 3 heterocycles. The van der Waals surface area contributed by atoms with Crippen molar-refractivity contribution < 1.29 is 48.6 Å². The highest BCUT2D eigenvalue weighted by atomic mass is 32.2. The Kier molecular flexibility index (Phi) is 19.4. The highest BCUT2D eigenvalue weighted by molar-refractivity contribution is 7.98. The number of nitrogens with zero attached hydrogens (tertiary/aromatic N) is 3. The molecule has 0 radical (unpaired) electrons. The summed E-state index contributed by atoms with van der Waals surface area (Å²) in [6, 6.07) is 5.88. The number of carboxylic acid groups (broad SMARTS) is 1. The molecule has 22 heteroatoms. The maximum atomic E-state index is 14.7. The summed E-state index contributed by atoms with van der Waals surface area (Å²) in [6.45, 7) is 2.02. The topological polar surface area (TPSA) is 298 Å². The predicted octanol–water partition coefficient (Wildman–Crippen LogP) is -0.336. The zero-order chi connectivity index (χ0) is 48.6. The Labute approximate surface area is 398 Å². The zero-order valence-electron chi connectivity index (χ0n) is 37.4. The lowest BCUT2D eigenvalue weighted by atomic mass is 10.0. The SMILES string of the molecule is CSCC[C@H](NC(=O)[C@@H]1CCCN1C(=O)[C@H](C)N)C(=O)N[C@@H](Cc1ccc(O)cc1)C(=O)N[C@@H](Cc1ccccc1)C(=O)N1CCC[C@H]1C(=O)N[C@@H](Cc1cnc[nH]1)C(=O)N[C@@H](CS)C(=O)O. The van der Waals surface area contributed by atoms with E-state index in [9.17, 15) is 48.6 Å². The maximum Gasteiger partial charge on any atom is 0.327 e. The van der Waals surface area contributed by atoms with E-state index < -0.39 is 89.7 Å². The smallest absolute Gasteiger partial charge is 0.327 e. The average Bonchev–Trinajstić information content (AvgIpc) is 4.13. The lowest BCUT2D eigenvalue weighted by molar-refractivity contribution is -0.143. The Bertz CT molecular complexity index is 2180. The summed E-state index contributed by atoms with van der Waals surface area (Å²) in [6.07, 6.45) is 6.29. The van der Waals surface area contributed by atoms with Crippen LogP contribution < -0.4 is 32.3 Å². The lowest BCUT2D eigenvalue weighted by Gasteiger charge is -2.31. The molecule has 2 fully saturated rings. The Hall–Kier alpha value is -6.13. The molecule has 0 saturated carbocycles. The number of carbonyl (C=O) groups is 8. The molecule has 2 aliphatic heterocycles. The first-order chi connectivity index (χ1) is 32.1. The van der Waals surface area contributed by atoms with Gasteiger partial charge in [-0.3, -0.25) is 33.6 Å². The second-order valence-corrected chi connectivity index (χ2v) is 18.0. The van der Waals surface area contributed by atoms with Crippen LogP contribution >= 0.6 is 24.4 Å². The van der Waals surface area contributed by atoms with E-state index in [-0.39, 0.29) is 56.1 Å². The molecule has 20 nitrogen and oxygen atoms in total. The Morgan fingerprint density at radius 3 is 1.82 bits per heavy atom. The van der Waals surface area contributed by atoms with Gasteiger partial charge in [-0.15, -0.1) is 0 Å². The summed E-state index contributed by atoms with van der Waals surface area (Å²) < 4.78 is 0. The van der Waals surface area contributed by atoms with E-state index in [0.29, 0.717) is 48.4 Å². The molecule has 67 heavy (non-hydrogen) atoms. The van der Waals surface area contributed by atoms with E-state index in [0.717, 1.165) is 0 Å². The quantitative estimate of drug-likeness (QED) is 0.0546. The molecule has 0 spiro atoms. The number of imidazole rings is 1. The molecule has 0 unspecified atom stereocenters. The van der Waals surface area contributed by atoms with Gasteiger partial charge in [-0.05, 0) is 74.3 Å². The standard InChI is InChI=1S/C45H60N10O10S2/c1-26(46)43(62)54-17-6-10-36(54)41(60)49-31(16-19-67-2)38(57)50-32(20-28-12-14-30(56)15-13-28)39(58)52-34(21-27-8-4-3-5-9-27)44(63)55-18-7-11-37(55)42(61)51-33(22-29-23-47-25-48-29)40(59)53-35(24-66)45(64)65/h3-5,8-9,12-15,23,25-26,31-37,56,66H,6-7,10-11,16-22,24,46H2,1-2H3,(H,47,48)(H,49,60)(H,50,57)(H,51,61)(H,52,58)(H,53,59)(H,64,65)/t26-,31-,32-,33-,34-,35-,36-,37-/m0/s1. The van der Waals surface area contributed by atoms with Crippen molar-refractivity contribution in [3.8, 4) is 5.75 Å². The molecule has 2 aliphatic rings. The van der Waals surface area contributed by atoms with Crippen molar-refractivity contribution in [2.45, 2.75) is 107 Å². The van der Waals surface area contributed by atoms with Crippen LogP contribution in [0.4, 0.5) is 0 Å². The van der Waals surface area contributed by atoms with Gasteiger partial charge < -0.3 is 57.3 Å². The minimum atomic E-state index is -1.34. The van der Waals surface area contributed by atoms with Crippen molar-refractivity contribution in [2.75, 3.05) is 30.9 Å². The first-order valence-corrected chi connectivity index (χ1v) is 24.1. The second-order valence-electron chi connectivity index (χ2n) is 16.6. The van der Waals surface area contributed by atoms with Crippen molar-refractivity contribution in [1.29, 1.82) is 0 Å². The molecule has 5 rings (SSSR count). The first kappa shape index (κ1) is 51.8. The van der Waals surface area contributed by atoms with Gasteiger partial charge in [0.2, 0.25) is 41.4 Å². The summed E-state index contributed by atoms with van der Waals surface area (Å²) in [5.74, 6) is -5.49. The van der Waals surface area contributed by atoms with Gasteiger partial charge >= 0.3 is 5.97 Å². The molecule has 2 saturated heterocycles. The number of aliphatic carboxylic acids is 1. The normalized spacial score (nSPS) is 18.4. The Morgan fingerprint density at radius 1 is 0.746 bits per heavy atom. The third-order valence-electron chi connectivity index (χ3n) is 11.6. The minimum Gasteiger partial charge on any atom is -0.508 e. The molecule has 362 valence electrons. The number of carbonyl (C=O) groups excluding carboxylic acids is 7. The Balaban J connectivity index is 1.39. The van der Waals surface area contributed by atoms with Crippen LogP contribution in [0.5, 0.6) is 5.75 Å². The Morgan fingerprint density at radius 2 is 1.27 bits per heavy atom. The number of aromatic nitrogens is 2. The molecule has 1 aromatic heterocycles. The van der Waals surface area contributed by atoms with Gasteiger partial charge in [0.1, 0.15) is 48.0 Å². The third kappa shape index (κ3) is 14.7.